The lowest BCUT2D eigenvalue weighted by Gasteiger charge is -2.64. The van der Waals surface area contributed by atoms with E-state index in [1.807, 2.05) is 18.2 Å². The predicted octanol–water partition coefficient (Wildman–Crippen LogP) is 6.22. The van der Waals surface area contributed by atoms with E-state index in [0.29, 0.717) is 41.1 Å². The van der Waals surface area contributed by atoms with E-state index < -0.39 is 17.2 Å². The maximum Gasteiger partial charge on any atom is 0.265 e. The molecular weight excluding hydrogens is 522 g/mol. The molecule has 0 spiro atoms. The Balaban J connectivity index is 1.32. The number of carbonyl (C=O) groups excluding carboxylic acids is 1. The first-order valence-electron chi connectivity index (χ1n) is 15.5. The maximum atomic E-state index is 12.4. The van der Waals surface area contributed by atoms with E-state index in [1.165, 1.54) is 25.7 Å². The van der Waals surface area contributed by atoms with E-state index >= 15 is 0 Å². The Labute approximate surface area is 242 Å². The van der Waals surface area contributed by atoms with Crippen LogP contribution in [0.1, 0.15) is 101 Å². The highest BCUT2D eigenvalue weighted by molar-refractivity contribution is 7.77. The van der Waals surface area contributed by atoms with Crippen LogP contribution in [0.2, 0.25) is 0 Å². The molecule has 222 valence electrons. The number of nitrogens with one attached hydrogen (secondary N) is 1. The molecule has 0 radical (unpaired) electrons. The van der Waals surface area contributed by atoms with Crippen molar-refractivity contribution in [3.05, 3.63) is 41.5 Å². The number of allylic oxidation sites excluding steroid dienone is 1. The van der Waals surface area contributed by atoms with Crippen LogP contribution >= 0.6 is 0 Å². The highest BCUT2D eigenvalue weighted by Gasteiger charge is 2.64. The van der Waals surface area contributed by atoms with Gasteiger partial charge in [-0.05, 0) is 115 Å². The van der Waals surface area contributed by atoms with Gasteiger partial charge in [-0.15, -0.1) is 0 Å². The zero-order valence-electron chi connectivity index (χ0n) is 24.6. The molecule has 4 aliphatic carbocycles. The zero-order chi connectivity index (χ0) is 28.8. The molecule has 5 unspecified atom stereocenters. The fraction of sp³-hybridized carbons (Fsp3) is 0.727. The number of fused-ring (bicyclic) bond motifs is 5. The second-order valence-corrected chi connectivity index (χ2v) is 14.7. The summed E-state index contributed by atoms with van der Waals surface area (Å²) in [6.07, 6.45) is 13.1. The van der Waals surface area contributed by atoms with E-state index in [-0.39, 0.29) is 29.0 Å². The highest BCUT2D eigenvalue weighted by Crippen LogP contribution is 2.69. The molecule has 0 bridgehead atoms. The Bertz CT molecular complexity index is 1140. The molecule has 4 N–H and O–H groups in total. The van der Waals surface area contributed by atoms with Crippen molar-refractivity contribution >= 4 is 23.2 Å². The first-order chi connectivity index (χ1) is 19.0. The largest absolute Gasteiger partial charge is 0.393 e. The van der Waals surface area contributed by atoms with Crippen molar-refractivity contribution in [3.63, 3.8) is 0 Å². The van der Waals surface area contributed by atoms with E-state index in [4.69, 9.17) is 4.55 Å². The van der Waals surface area contributed by atoms with Crippen molar-refractivity contribution < 1.29 is 23.8 Å². The summed E-state index contributed by atoms with van der Waals surface area (Å²) in [5.41, 5.74) is 1.57. The second kappa shape index (κ2) is 11.6. The minimum Gasteiger partial charge on any atom is -0.393 e. The number of amides is 1. The van der Waals surface area contributed by atoms with Crippen LogP contribution in [0.5, 0.6) is 0 Å². The number of hydrogen-bond donors (Lipinski definition) is 4. The summed E-state index contributed by atoms with van der Waals surface area (Å²) in [6.45, 7) is 9.59. The second-order valence-electron chi connectivity index (χ2n) is 14.0. The van der Waals surface area contributed by atoms with Gasteiger partial charge in [-0.1, -0.05) is 64.5 Å². The third-order valence-electron chi connectivity index (χ3n) is 12.3. The van der Waals surface area contributed by atoms with Crippen LogP contribution < -0.4 is 4.72 Å². The molecule has 1 aromatic carbocycles. The Morgan fingerprint density at radius 1 is 1.07 bits per heavy atom. The van der Waals surface area contributed by atoms with E-state index in [0.717, 1.165) is 37.7 Å². The molecule has 12 atom stereocenters. The van der Waals surface area contributed by atoms with Crippen molar-refractivity contribution in [2.24, 2.45) is 52.3 Å². The van der Waals surface area contributed by atoms with Gasteiger partial charge in [-0.25, -0.2) is 8.93 Å². The molecule has 4 saturated carbocycles. The summed E-state index contributed by atoms with van der Waals surface area (Å²) in [5, 5.41) is 22.5. The molecule has 40 heavy (non-hydrogen) atoms. The summed E-state index contributed by atoms with van der Waals surface area (Å²) in [7, 11) is 0. The normalized spacial score (nSPS) is 42.5. The van der Waals surface area contributed by atoms with Gasteiger partial charge in [0.05, 0.1) is 12.2 Å². The Hall–Kier alpha value is -1.54. The number of carbonyl (C=O) groups is 1. The van der Waals surface area contributed by atoms with Crippen molar-refractivity contribution in [3.8, 4) is 0 Å². The van der Waals surface area contributed by atoms with Crippen LogP contribution in [-0.4, -0.2) is 37.1 Å². The lowest BCUT2D eigenvalue weighted by molar-refractivity contribution is -0.203. The predicted molar refractivity (Wildman–Crippen MR) is 159 cm³/mol. The van der Waals surface area contributed by atoms with Gasteiger partial charge in [0.2, 0.25) is 0 Å². The first kappa shape index (κ1) is 29.9. The summed E-state index contributed by atoms with van der Waals surface area (Å²) in [5.74, 6) is 2.65. The molecule has 5 rings (SSSR count). The minimum absolute atomic E-state index is 0.213. The molecule has 7 heteroatoms. The van der Waals surface area contributed by atoms with Crippen molar-refractivity contribution in [1.82, 2.24) is 4.72 Å². The van der Waals surface area contributed by atoms with Gasteiger partial charge in [0, 0.05) is 5.56 Å². The van der Waals surface area contributed by atoms with Crippen molar-refractivity contribution in [2.75, 3.05) is 0 Å². The highest BCUT2D eigenvalue weighted by atomic mass is 32.2. The lowest BCUT2D eigenvalue weighted by atomic mass is 9.41. The Morgan fingerprint density at radius 3 is 2.50 bits per heavy atom. The van der Waals surface area contributed by atoms with Crippen LogP contribution in [0.15, 0.2) is 30.3 Å². The van der Waals surface area contributed by atoms with Gasteiger partial charge >= 0.3 is 0 Å². The summed E-state index contributed by atoms with van der Waals surface area (Å²) in [4.78, 5) is 12.4. The summed E-state index contributed by atoms with van der Waals surface area (Å²) < 4.78 is 22.2. The fourth-order valence-electron chi connectivity index (χ4n) is 10.5. The summed E-state index contributed by atoms with van der Waals surface area (Å²) >= 11 is -2.40. The van der Waals surface area contributed by atoms with Crippen LogP contribution in [0, 0.1) is 52.3 Å². The van der Waals surface area contributed by atoms with Crippen LogP contribution in [-0.2, 0) is 11.3 Å². The minimum atomic E-state index is -2.40. The van der Waals surface area contributed by atoms with Crippen LogP contribution in [0.25, 0.3) is 6.08 Å². The number of aliphatic hydroxyl groups is 2. The molecule has 4 aliphatic rings. The molecule has 1 aromatic rings. The number of benzene rings is 1. The van der Waals surface area contributed by atoms with Gasteiger partial charge in [0.25, 0.3) is 17.2 Å². The maximum absolute atomic E-state index is 12.4. The van der Waals surface area contributed by atoms with E-state index in [9.17, 15) is 19.2 Å². The van der Waals surface area contributed by atoms with Crippen LogP contribution in [0.4, 0.5) is 0 Å². The van der Waals surface area contributed by atoms with Gasteiger partial charge in [0.1, 0.15) is 0 Å². The van der Waals surface area contributed by atoms with Gasteiger partial charge in [-0.2, -0.15) is 0 Å². The number of aliphatic hydroxyl groups excluding tert-OH is 2. The van der Waals surface area contributed by atoms with Crippen molar-refractivity contribution in [2.45, 2.75) is 97.7 Å². The van der Waals surface area contributed by atoms with Crippen molar-refractivity contribution in [1.29, 1.82) is 0 Å². The molecule has 6 nitrogen and oxygen atoms in total. The average molecular weight is 572 g/mol. The molecule has 0 heterocycles. The Kier molecular flexibility index (Phi) is 8.70. The Morgan fingerprint density at radius 2 is 1.77 bits per heavy atom. The van der Waals surface area contributed by atoms with E-state index in [1.54, 1.807) is 12.1 Å². The topological polar surface area (TPSA) is 107 Å². The van der Waals surface area contributed by atoms with E-state index in [2.05, 4.69) is 38.5 Å². The van der Waals surface area contributed by atoms with Gasteiger partial charge < -0.3 is 10.2 Å². The molecule has 0 saturated heterocycles. The lowest BCUT2D eigenvalue weighted by Crippen LogP contribution is -2.62. The van der Waals surface area contributed by atoms with Gasteiger partial charge in [0.15, 0.2) is 0 Å². The molecule has 0 aliphatic heterocycles. The smallest absolute Gasteiger partial charge is 0.265 e. The molecule has 4 fully saturated rings. The fourth-order valence-corrected chi connectivity index (χ4v) is 10.8. The third-order valence-corrected chi connectivity index (χ3v) is 12.7. The quantitative estimate of drug-likeness (QED) is 0.291. The standard InChI is InChI=1S/C33H49NO5S/c1-5-23-28-19-22(35)15-17-33(28,4)27-16-18-32(3)25(13-14-26(32)29(27)30(23)36)20(2)9-8-11-21-10-6-7-12-24(21)31(37)34-40(38)39/h6-8,10-12,20,22-23,25-30,35-36H,5,9,13-19H2,1-4H3,(H,34,37)(H,38,39)/b11-8+/t20-,22-,23-,25-,26?,27?,28+,29?,30?,32-,33-/m1/s1. The monoisotopic (exact) mass is 571 g/mol. The third kappa shape index (κ3) is 5.14. The number of rotatable bonds is 7. The molecule has 0 aromatic heterocycles. The first-order valence-corrected chi connectivity index (χ1v) is 16.7. The van der Waals surface area contributed by atoms with Gasteiger partial charge in [-0.3, -0.25) is 9.35 Å². The zero-order valence-corrected chi connectivity index (χ0v) is 25.4. The number of hydrogen-bond acceptors (Lipinski definition) is 4. The molecule has 1 amide bonds. The molecular formula is C33H49NO5S. The SMILES string of the molecule is CC[C@H]1C(O)C2C3CC[C@H]([C@H](C)C/C=C/c4ccccc4C(=O)NS(=O)O)[C@@]3(C)CCC2[C@@]2(C)CC[C@@H](O)C[C@@H]12. The van der Waals surface area contributed by atoms with Crippen LogP contribution in [0.3, 0.4) is 0 Å². The summed E-state index contributed by atoms with van der Waals surface area (Å²) in [6, 6.07) is 7.15. The average Bonchev–Trinajstić information content (AvgIpc) is 3.27.